The van der Waals surface area contributed by atoms with E-state index in [2.05, 4.69) is 0 Å². The van der Waals surface area contributed by atoms with Crippen molar-refractivity contribution in [2.75, 3.05) is 0 Å². The van der Waals surface area contributed by atoms with Crippen LogP contribution in [0.3, 0.4) is 0 Å². The molecule has 0 aromatic carbocycles. The highest BCUT2D eigenvalue weighted by Gasteiger charge is 2.42. The van der Waals surface area contributed by atoms with E-state index in [1.165, 1.54) is 17.2 Å². The van der Waals surface area contributed by atoms with Crippen LogP contribution in [0.2, 0.25) is 0 Å². The Hall–Kier alpha value is -1.22. The van der Waals surface area contributed by atoms with Crippen LogP contribution in [0.4, 0.5) is 0 Å². The summed E-state index contributed by atoms with van der Waals surface area (Å²) < 4.78 is 0. The van der Waals surface area contributed by atoms with E-state index in [1.807, 2.05) is 27.7 Å². The maximum absolute atomic E-state index is 12.6. The highest BCUT2D eigenvalue weighted by Crippen LogP contribution is 2.40. The van der Waals surface area contributed by atoms with E-state index in [0.717, 1.165) is 0 Å². The lowest BCUT2D eigenvalue weighted by Gasteiger charge is -2.35. The number of carbonyl (C=O) groups is 2. The van der Waals surface area contributed by atoms with Gasteiger partial charge in [0.15, 0.2) is 11.6 Å². The summed E-state index contributed by atoms with van der Waals surface area (Å²) in [7, 11) is 0. The molecule has 3 nitrogen and oxygen atoms in total. The summed E-state index contributed by atoms with van der Waals surface area (Å²) in [4.78, 5) is 24.8. The number of aliphatic hydroxyl groups excluding tert-OH is 1. The Morgan fingerprint density at radius 2 is 1.70 bits per heavy atom. The van der Waals surface area contributed by atoms with Gasteiger partial charge in [0.1, 0.15) is 0 Å². The van der Waals surface area contributed by atoms with Gasteiger partial charge in [0, 0.05) is 17.4 Å². The summed E-state index contributed by atoms with van der Waals surface area (Å²) in [5.41, 5.74) is 2.77. The third-order valence-corrected chi connectivity index (χ3v) is 4.60. The molecule has 0 amide bonds. The van der Waals surface area contributed by atoms with Crippen molar-refractivity contribution >= 4 is 11.6 Å². The maximum atomic E-state index is 12.6. The Balaban J connectivity index is 2.26. The van der Waals surface area contributed by atoms with E-state index in [4.69, 9.17) is 0 Å². The van der Waals surface area contributed by atoms with Crippen LogP contribution in [0.25, 0.3) is 0 Å². The second-order valence-electron chi connectivity index (χ2n) is 6.69. The number of hydrogen-bond donors (Lipinski definition) is 1. The number of allylic oxidation sites excluding steroid dienone is 3. The molecule has 0 bridgehead atoms. The van der Waals surface area contributed by atoms with Crippen LogP contribution in [-0.2, 0) is 9.59 Å². The lowest BCUT2D eigenvalue weighted by atomic mass is 9.67. The molecular formula is C17H24O3. The molecule has 20 heavy (non-hydrogen) atoms. The summed E-state index contributed by atoms with van der Waals surface area (Å²) >= 11 is 0. The Labute approximate surface area is 120 Å². The fourth-order valence-electron chi connectivity index (χ4n) is 3.25. The van der Waals surface area contributed by atoms with Crippen LogP contribution in [0, 0.1) is 17.8 Å². The smallest absolute Gasteiger partial charge is 0.165 e. The van der Waals surface area contributed by atoms with Crippen LogP contribution < -0.4 is 0 Å². The normalized spacial score (nSPS) is 28.6. The molecule has 2 rings (SSSR count). The van der Waals surface area contributed by atoms with Crippen molar-refractivity contribution in [3.8, 4) is 0 Å². The molecule has 3 heteroatoms. The van der Waals surface area contributed by atoms with E-state index in [0.29, 0.717) is 30.8 Å². The first-order valence-corrected chi connectivity index (χ1v) is 7.44. The third kappa shape index (κ3) is 2.78. The minimum Gasteiger partial charge on any atom is -0.388 e. The van der Waals surface area contributed by atoms with Crippen LogP contribution in [0.5, 0.6) is 0 Å². The van der Waals surface area contributed by atoms with E-state index in [1.54, 1.807) is 0 Å². The number of Topliss-reactive ketones (excluding diaryl/α,β-unsaturated/α-hetero) is 1. The van der Waals surface area contributed by atoms with E-state index >= 15 is 0 Å². The molecule has 0 radical (unpaired) electrons. The van der Waals surface area contributed by atoms with Crippen LogP contribution in [0.1, 0.15) is 47.0 Å². The van der Waals surface area contributed by atoms with Crippen LogP contribution >= 0.6 is 0 Å². The van der Waals surface area contributed by atoms with Crippen molar-refractivity contribution in [1.29, 1.82) is 0 Å². The van der Waals surface area contributed by atoms with E-state index in [9.17, 15) is 14.7 Å². The molecule has 0 unspecified atom stereocenters. The van der Waals surface area contributed by atoms with Crippen molar-refractivity contribution in [3.63, 3.8) is 0 Å². The standard InChI is InChI=1S/C17H24O3/c1-9(2)5-15(18)14-8-16(19)12-6-10(3)11(4)7-13(12)17(14)20/h8-9,12-13,15,18H,5-7H2,1-4H3/t12-,13+,15+/m0/s1. The van der Waals surface area contributed by atoms with Crippen LogP contribution in [0.15, 0.2) is 22.8 Å². The van der Waals surface area contributed by atoms with Gasteiger partial charge in [-0.3, -0.25) is 9.59 Å². The quantitative estimate of drug-likeness (QED) is 0.806. The minimum atomic E-state index is -0.806. The molecule has 110 valence electrons. The van der Waals surface area contributed by atoms with Gasteiger partial charge < -0.3 is 5.11 Å². The van der Waals surface area contributed by atoms with Gasteiger partial charge in [-0.05, 0) is 45.1 Å². The van der Waals surface area contributed by atoms with Gasteiger partial charge in [0.05, 0.1) is 6.10 Å². The molecule has 2 aliphatic carbocycles. The number of rotatable bonds is 3. The molecule has 0 saturated heterocycles. The zero-order valence-corrected chi connectivity index (χ0v) is 12.8. The zero-order chi connectivity index (χ0) is 15.0. The maximum Gasteiger partial charge on any atom is 0.165 e. The number of aliphatic hydroxyl groups is 1. The summed E-state index contributed by atoms with van der Waals surface area (Å²) in [5.74, 6) is -0.176. The zero-order valence-electron chi connectivity index (χ0n) is 12.8. The summed E-state index contributed by atoms with van der Waals surface area (Å²) in [6.45, 7) is 8.07. The monoisotopic (exact) mass is 276 g/mol. The van der Waals surface area contributed by atoms with Gasteiger partial charge in [0.2, 0.25) is 0 Å². The predicted octanol–water partition coefficient (Wildman–Crippen LogP) is 2.83. The van der Waals surface area contributed by atoms with Gasteiger partial charge >= 0.3 is 0 Å². The Morgan fingerprint density at radius 1 is 1.15 bits per heavy atom. The summed E-state index contributed by atoms with van der Waals surface area (Å²) in [5, 5.41) is 10.2. The van der Waals surface area contributed by atoms with Gasteiger partial charge in [-0.15, -0.1) is 0 Å². The number of carbonyl (C=O) groups excluding carboxylic acids is 2. The molecule has 0 heterocycles. The van der Waals surface area contributed by atoms with Crippen molar-refractivity contribution in [2.45, 2.75) is 53.1 Å². The second kappa shape index (κ2) is 5.65. The molecule has 3 atom stereocenters. The lowest BCUT2D eigenvalue weighted by molar-refractivity contribution is -0.131. The SMILES string of the molecule is CC1=C(C)C[C@H]2C(=O)C([C@H](O)CC(C)C)=CC(=O)[C@H]2C1. The second-order valence-corrected chi connectivity index (χ2v) is 6.69. The molecule has 0 fully saturated rings. The Bertz CT molecular complexity index is 496. The molecule has 1 N–H and O–H groups in total. The average molecular weight is 276 g/mol. The van der Waals surface area contributed by atoms with E-state index in [-0.39, 0.29) is 23.4 Å². The van der Waals surface area contributed by atoms with Crippen molar-refractivity contribution < 1.29 is 14.7 Å². The fourth-order valence-corrected chi connectivity index (χ4v) is 3.25. The number of fused-ring (bicyclic) bond motifs is 1. The molecule has 0 saturated carbocycles. The Kier molecular flexibility index (Phi) is 4.28. The average Bonchev–Trinajstić information content (AvgIpc) is 2.35. The topological polar surface area (TPSA) is 54.4 Å². The third-order valence-electron chi connectivity index (χ3n) is 4.60. The highest BCUT2D eigenvalue weighted by atomic mass is 16.3. The molecule has 0 aromatic rings. The van der Waals surface area contributed by atoms with Gasteiger partial charge in [-0.2, -0.15) is 0 Å². The highest BCUT2D eigenvalue weighted by molar-refractivity contribution is 6.11. The molecule has 0 spiro atoms. The van der Waals surface area contributed by atoms with Crippen molar-refractivity contribution in [3.05, 3.63) is 22.8 Å². The molecule has 0 aromatic heterocycles. The van der Waals surface area contributed by atoms with Gasteiger partial charge in [0.25, 0.3) is 0 Å². The largest absolute Gasteiger partial charge is 0.388 e. The van der Waals surface area contributed by atoms with Crippen LogP contribution in [-0.4, -0.2) is 22.8 Å². The van der Waals surface area contributed by atoms with Gasteiger partial charge in [-0.1, -0.05) is 25.0 Å². The number of ketones is 2. The minimum absolute atomic E-state index is 0.0132. The molecular weight excluding hydrogens is 252 g/mol. The van der Waals surface area contributed by atoms with Crippen molar-refractivity contribution in [1.82, 2.24) is 0 Å². The first-order valence-electron chi connectivity index (χ1n) is 7.44. The predicted molar refractivity (Wildman–Crippen MR) is 78.1 cm³/mol. The fraction of sp³-hybridized carbons (Fsp3) is 0.647. The first-order chi connectivity index (χ1) is 9.31. The summed E-state index contributed by atoms with van der Waals surface area (Å²) in [6, 6.07) is 0. The van der Waals surface area contributed by atoms with Crippen molar-refractivity contribution in [2.24, 2.45) is 17.8 Å². The lowest BCUT2D eigenvalue weighted by Crippen LogP contribution is -2.40. The van der Waals surface area contributed by atoms with Gasteiger partial charge in [-0.25, -0.2) is 0 Å². The number of hydrogen-bond acceptors (Lipinski definition) is 3. The summed E-state index contributed by atoms with van der Waals surface area (Å²) in [6.07, 6.45) is 2.47. The molecule has 2 aliphatic rings. The Morgan fingerprint density at radius 3 is 2.25 bits per heavy atom. The first kappa shape index (κ1) is 15.2. The van der Waals surface area contributed by atoms with E-state index < -0.39 is 6.10 Å². The molecule has 0 aliphatic heterocycles.